The van der Waals surface area contributed by atoms with Crippen LogP contribution in [0.2, 0.25) is 0 Å². The smallest absolute Gasteiger partial charge is 0.410 e. The Kier molecular flexibility index (Phi) is 10.2. The van der Waals surface area contributed by atoms with Gasteiger partial charge in [0.05, 0.1) is 37.9 Å². The molecule has 0 aromatic heterocycles. The number of aliphatic hydroxyl groups is 1. The van der Waals surface area contributed by atoms with E-state index in [1.807, 2.05) is 0 Å². The van der Waals surface area contributed by atoms with Crippen LogP contribution < -0.4 is 5.32 Å². The van der Waals surface area contributed by atoms with Crippen molar-refractivity contribution in [1.82, 2.24) is 10.2 Å². The van der Waals surface area contributed by atoms with Crippen LogP contribution in [0.4, 0.5) is 13.6 Å². The van der Waals surface area contributed by atoms with Crippen LogP contribution in [-0.2, 0) is 25.4 Å². The zero-order chi connectivity index (χ0) is 27.3. The van der Waals surface area contributed by atoms with Crippen LogP contribution in [-0.4, -0.2) is 71.8 Å². The maximum atomic E-state index is 13.7. The maximum Gasteiger partial charge on any atom is 0.410 e. The van der Waals surface area contributed by atoms with E-state index in [1.54, 1.807) is 20.8 Å². The summed E-state index contributed by atoms with van der Waals surface area (Å²) in [6.45, 7) is 13.1. The van der Waals surface area contributed by atoms with Crippen molar-refractivity contribution in [3.05, 3.63) is 35.4 Å². The lowest BCUT2D eigenvalue weighted by molar-refractivity contribution is -0.204. The lowest BCUT2D eigenvalue weighted by atomic mass is 9.93. The van der Waals surface area contributed by atoms with E-state index in [0.717, 1.165) is 24.6 Å². The summed E-state index contributed by atoms with van der Waals surface area (Å²) >= 11 is 0. The van der Waals surface area contributed by atoms with Crippen molar-refractivity contribution in [3.63, 3.8) is 0 Å². The van der Waals surface area contributed by atoms with E-state index in [0.29, 0.717) is 6.61 Å². The summed E-state index contributed by atoms with van der Waals surface area (Å²) in [5, 5.41) is 13.9. The molecule has 204 valence electrons. The summed E-state index contributed by atoms with van der Waals surface area (Å²) in [4.78, 5) is 26.3. The monoisotopic (exact) mass is 514 g/mol. The number of carbonyl (C=O) groups excluding carboxylic acids is 2. The number of benzene rings is 1. The average Bonchev–Trinajstić information content (AvgIpc) is 2.69. The van der Waals surface area contributed by atoms with Crippen molar-refractivity contribution < 1.29 is 37.7 Å². The van der Waals surface area contributed by atoms with Gasteiger partial charge in [-0.2, -0.15) is 0 Å². The number of rotatable bonds is 8. The average molecular weight is 515 g/mol. The molecule has 2 N–H and O–H groups in total. The Morgan fingerprint density at radius 2 is 1.78 bits per heavy atom. The number of nitrogens with one attached hydrogen (secondary N) is 1. The second-order valence-corrected chi connectivity index (χ2v) is 11.4. The summed E-state index contributed by atoms with van der Waals surface area (Å²) in [5.41, 5.74) is -0.488. The van der Waals surface area contributed by atoms with Crippen LogP contribution >= 0.6 is 0 Å². The molecule has 0 bridgehead atoms. The predicted octanol–water partition coefficient (Wildman–Crippen LogP) is 3.79. The van der Waals surface area contributed by atoms with E-state index >= 15 is 0 Å². The SMILES string of the molecule is CC(=O)NC(Cc1cc(F)cc(F)c1)C(O)C1COC(OCCC(C)(C)C)CN1C(=O)OC(C)(C)C. The minimum absolute atomic E-state index is 0.00215. The van der Waals surface area contributed by atoms with Gasteiger partial charge in [0.25, 0.3) is 0 Å². The van der Waals surface area contributed by atoms with Gasteiger partial charge in [0.2, 0.25) is 5.91 Å². The minimum Gasteiger partial charge on any atom is -0.444 e. The second kappa shape index (κ2) is 12.3. The number of hydrogen-bond donors (Lipinski definition) is 2. The molecule has 4 atom stereocenters. The van der Waals surface area contributed by atoms with Crippen LogP contribution in [0.3, 0.4) is 0 Å². The molecule has 1 aromatic rings. The molecule has 1 aliphatic rings. The molecule has 1 aromatic carbocycles. The van der Waals surface area contributed by atoms with Crippen LogP contribution in [0.5, 0.6) is 0 Å². The van der Waals surface area contributed by atoms with E-state index < -0.39 is 53.7 Å². The summed E-state index contributed by atoms with van der Waals surface area (Å²) in [6, 6.07) is 1.14. The first kappa shape index (κ1) is 29.9. The molecular formula is C26H40F2N2O6. The zero-order valence-electron chi connectivity index (χ0n) is 22.3. The molecule has 1 saturated heterocycles. The topological polar surface area (TPSA) is 97.3 Å². The molecular weight excluding hydrogens is 474 g/mol. The molecule has 0 saturated carbocycles. The molecule has 1 fully saturated rings. The number of halogens is 2. The van der Waals surface area contributed by atoms with Gasteiger partial charge in [-0.05, 0) is 56.7 Å². The molecule has 8 nitrogen and oxygen atoms in total. The summed E-state index contributed by atoms with van der Waals surface area (Å²) in [5.74, 6) is -1.99. The molecule has 4 unspecified atom stereocenters. The Hall–Kier alpha value is -2.30. The normalized spacial score (nSPS) is 20.6. The van der Waals surface area contributed by atoms with E-state index in [9.17, 15) is 23.5 Å². The lowest BCUT2D eigenvalue weighted by Crippen LogP contribution is -2.62. The molecule has 2 amide bonds. The first-order chi connectivity index (χ1) is 16.5. The highest BCUT2D eigenvalue weighted by molar-refractivity contribution is 5.73. The highest BCUT2D eigenvalue weighted by atomic mass is 19.1. The van der Waals surface area contributed by atoms with E-state index in [2.05, 4.69) is 26.1 Å². The van der Waals surface area contributed by atoms with Crippen LogP contribution in [0.15, 0.2) is 18.2 Å². The number of aliphatic hydroxyl groups excluding tert-OH is 1. The van der Waals surface area contributed by atoms with Gasteiger partial charge in [-0.3, -0.25) is 9.69 Å². The first-order valence-corrected chi connectivity index (χ1v) is 12.2. The number of amides is 2. The Labute approximate surface area is 212 Å². The highest BCUT2D eigenvalue weighted by Gasteiger charge is 2.42. The van der Waals surface area contributed by atoms with Gasteiger partial charge in [0.1, 0.15) is 17.2 Å². The Balaban J connectivity index is 2.25. The third-order valence-corrected chi connectivity index (χ3v) is 5.56. The zero-order valence-corrected chi connectivity index (χ0v) is 22.3. The van der Waals surface area contributed by atoms with Crippen molar-refractivity contribution in [2.75, 3.05) is 19.8 Å². The lowest BCUT2D eigenvalue weighted by Gasteiger charge is -2.43. The highest BCUT2D eigenvalue weighted by Crippen LogP contribution is 2.24. The van der Waals surface area contributed by atoms with Gasteiger partial charge in [0.15, 0.2) is 6.29 Å². The molecule has 0 aliphatic carbocycles. The Morgan fingerprint density at radius 1 is 1.17 bits per heavy atom. The Morgan fingerprint density at radius 3 is 2.31 bits per heavy atom. The molecule has 10 heteroatoms. The number of ether oxygens (including phenoxy) is 3. The van der Waals surface area contributed by atoms with Gasteiger partial charge in [0, 0.05) is 13.0 Å². The number of carbonyl (C=O) groups is 2. The van der Waals surface area contributed by atoms with E-state index in [-0.39, 0.29) is 30.6 Å². The van der Waals surface area contributed by atoms with E-state index in [1.165, 1.54) is 11.8 Å². The van der Waals surface area contributed by atoms with Gasteiger partial charge in [-0.25, -0.2) is 13.6 Å². The third-order valence-electron chi connectivity index (χ3n) is 5.56. The van der Waals surface area contributed by atoms with Crippen LogP contribution in [0.1, 0.15) is 60.5 Å². The van der Waals surface area contributed by atoms with Gasteiger partial charge in [-0.15, -0.1) is 0 Å². The summed E-state index contributed by atoms with van der Waals surface area (Å²) < 4.78 is 44.7. The standard InChI is InChI=1S/C26H40F2N2O6/c1-16(31)29-20(12-17-10-18(27)13-19(28)11-17)23(32)21-15-35-22(34-9-8-25(2,3)4)14-30(21)24(33)36-26(5,6)7/h10-11,13,20-23,32H,8-9,12,14-15H2,1-7H3,(H,29,31). The Bertz CT molecular complexity index is 879. The molecule has 1 heterocycles. The number of hydrogen-bond acceptors (Lipinski definition) is 6. The summed E-state index contributed by atoms with van der Waals surface area (Å²) in [7, 11) is 0. The predicted molar refractivity (Wildman–Crippen MR) is 130 cm³/mol. The van der Waals surface area contributed by atoms with Crippen molar-refractivity contribution >= 4 is 12.0 Å². The van der Waals surface area contributed by atoms with Crippen molar-refractivity contribution in [2.45, 2.75) is 91.4 Å². The fourth-order valence-electron chi connectivity index (χ4n) is 3.82. The van der Waals surface area contributed by atoms with Gasteiger partial charge in [-0.1, -0.05) is 20.8 Å². The second-order valence-electron chi connectivity index (χ2n) is 11.4. The third kappa shape index (κ3) is 9.99. The van der Waals surface area contributed by atoms with Gasteiger partial charge < -0.3 is 24.6 Å². The van der Waals surface area contributed by atoms with Gasteiger partial charge >= 0.3 is 6.09 Å². The number of morpholine rings is 1. The number of nitrogens with zero attached hydrogens (tertiary/aromatic N) is 1. The fourth-order valence-corrected chi connectivity index (χ4v) is 3.82. The minimum atomic E-state index is -1.33. The molecule has 2 rings (SSSR count). The molecule has 36 heavy (non-hydrogen) atoms. The molecule has 0 spiro atoms. The maximum absolute atomic E-state index is 13.7. The summed E-state index contributed by atoms with van der Waals surface area (Å²) in [6.07, 6.45) is -2.01. The van der Waals surface area contributed by atoms with Crippen LogP contribution in [0.25, 0.3) is 0 Å². The largest absolute Gasteiger partial charge is 0.444 e. The van der Waals surface area contributed by atoms with Crippen molar-refractivity contribution in [3.8, 4) is 0 Å². The fraction of sp³-hybridized carbons (Fsp3) is 0.692. The quantitative estimate of drug-likeness (QED) is 0.548. The first-order valence-electron chi connectivity index (χ1n) is 12.2. The molecule has 1 aliphatic heterocycles. The van der Waals surface area contributed by atoms with E-state index in [4.69, 9.17) is 14.2 Å². The van der Waals surface area contributed by atoms with Crippen LogP contribution in [0, 0.1) is 17.0 Å². The van der Waals surface area contributed by atoms with Crippen molar-refractivity contribution in [1.29, 1.82) is 0 Å². The van der Waals surface area contributed by atoms with Crippen molar-refractivity contribution in [2.24, 2.45) is 5.41 Å². The molecule has 0 radical (unpaired) electrons.